The number of nitrogens with zero attached hydrogens (tertiary/aromatic N) is 1. The van der Waals surface area contributed by atoms with E-state index in [1.807, 2.05) is 43.3 Å². The number of benzene rings is 2. The number of phenolic OH excluding ortho intramolecular Hbond substituents is 1. The molecule has 5 heteroatoms. The summed E-state index contributed by atoms with van der Waals surface area (Å²) in [7, 11) is 0. The summed E-state index contributed by atoms with van der Waals surface area (Å²) < 4.78 is 0.640. The predicted molar refractivity (Wildman–Crippen MR) is 102 cm³/mol. The number of carbonyl (C=O) groups excluding carboxylic acids is 1. The molecule has 0 spiro atoms. The van der Waals surface area contributed by atoms with Gasteiger partial charge in [0.1, 0.15) is 5.75 Å². The molecule has 0 bridgehead atoms. The molecule has 2 aromatic carbocycles. The summed E-state index contributed by atoms with van der Waals surface area (Å²) in [4.78, 5) is 16.2. The Balaban J connectivity index is 2.13. The largest absolute Gasteiger partial charge is 0.506 e. The Morgan fingerprint density at radius 2 is 2.12 bits per heavy atom. The molecule has 0 saturated carbocycles. The maximum Gasteiger partial charge on any atom is 0.224 e. The lowest BCUT2D eigenvalue weighted by Crippen LogP contribution is -2.10. The predicted octanol–water partition coefficient (Wildman–Crippen LogP) is 5.34. The van der Waals surface area contributed by atoms with Crippen molar-refractivity contribution in [3.05, 3.63) is 52.0 Å². The first-order valence-electron chi connectivity index (χ1n) is 7.92. The van der Waals surface area contributed by atoms with Crippen LogP contribution in [0.3, 0.4) is 0 Å². The van der Waals surface area contributed by atoms with Crippen LogP contribution in [0.2, 0.25) is 0 Å². The molecule has 1 amide bonds. The summed E-state index contributed by atoms with van der Waals surface area (Å²) in [5.41, 5.74) is 3.10. The van der Waals surface area contributed by atoms with Crippen molar-refractivity contribution in [3.63, 3.8) is 0 Å². The van der Waals surface area contributed by atoms with Gasteiger partial charge in [0.05, 0.1) is 10.2 Å². The summed E-state index contributed by atoms with van der Waals surface area (Å²) in [6, 6.07) is 11.0. The zero-order valence-corrected chi connectivity index (χ0v) is 15.4. The molecule has 0 fully saturated rings. The van der Waals surface area contributed by atoms with Gasteiger partial charge in [0.25, 0.3) is 0 Å². The fraction of sp³-hybridized carbons (Fsp3) is 0.263. The topological polar surface area (TPSA) is 61.7 Å². The number of hydrogen-bond donors (Lipinski definition) is 2. The molecule has 0 aliphatic heterocycles. The van der Waals surface area contributed by atoms with Crippen molar-refractivity contribution in [2.45, 2.75) is 33.1 Å². The third-order valence-corrected chi connectivity index (χ3v) is 4.08. The lowest BCUT2D eigenvalue weighted by Gasteiger charge is -2.06. The highest BCUT2D eigenvalue weighted by molar-refractivity contribution is 9.10. The molecule has 0 atom stereocenters. The second kappa shape index (κ2) is 8.64. The Morgan fingerprint density at radius 1 is 1.33 bits per heavy atom. The second-order valence-corrected chi connectivity index (χ2v) is 6.50. The fourth-order valence-corrected chi connectivity index (χ4v) is 2.82. The molecule has 0 aliphatic carbocycles. The average molecular weight is 389 g/mol. The van der Waals surface area contributed by atoms with Crippen LogP contribution in [0.1, 0.15) is 37.3 Å². The normalized spacial score (nSPS) is 11.0. The summed E-state index contributed by atoms with van der Waals surface area (Å²) in [5.74, 6) is 0.173. The monoisotopic (exact) mass is 388 g/mol. The highest BCUT2D eigenvalue weighted by Gasteiger charge is 2.05. The van der Waals surface area contributed by atoms with Gasteiger partial charge in [-0.25, -0.2) is 0 Å². The number of anilines is 1. The summed E-state index contributed by atoms with van der Waals surface area (Å²) in [6.07, 6.45) is 4.01. The van der Waals surface area contributed by atoms with E-state index < -0.39 is 0 Å². The van der Waals surface area contributed by atoms with Gasteiger partial charge in [0, 0.05) is 23.9 Å². The van der Waals surface area contributed by atoms with Crippen LogP contribution in [0.4, 0.5) is 11.4 Å². The van der Waals surface area contributed by atoms with Gasteiger partial charge >= 0.3 is 0 Å². The van der Waals surface area contributed by atoms with Crippen molar-refractivity contribution in [1.29, 1.82) is 0 Å². The highest BCUT2D eigenvalue weighted by atomic mass is 79.9. The molecular weight excluding hydrogens is 368 g/mol. The molecule has 0 radical (unpaired) electrons. The van der Waals surface area contributed by atoms with Gasteiger partial charge < -0.3 is 10.4 Å². The molecule has 2 rings (SSSR count). The van der Waals surface area contributed by atoms with Gasteiger partial charge in [0.2, 0.25) is 5.91 Å². The van der Waals surface area contributed by atoms with Gasteiger partial charge in [-0.1, -0.05) is 19.4 Å². The maximum atomic E-state index is 11.8. The molecule has 2 N–H and O–H groups in total. The van der Waals surface area contributed by atoms with E-state index in [0.717, 1.165) is 24.1 Å². The SMILES string of the molecule is CCCCC(=O)Nc1cccc(N=Cc2cc(C)cc(Br)c2O)c1. The first-order chi connectivity index (χ1) is 11.5. The van der Waals surface area contributed by atoms with Crippen molar-refractivity contribution in [1.82, 2.24) is 0 Å². The maximum absolute atomic E-state index is 11.8. The number of unbranched alkanes of at least 4 members (excludes halogenated alkanes) is 1. The summed E-state index contributed by atoms with van der Waals surface area (Å²) in [5, 5.41) is 12.9. The number of carbonyl (C=O) groups is 1. The van der Waals surface area contributed by atoms with Crippen molar-refractivity contribution in [2.24, 2.45) is 4.99 Å². The molecular formula is C19H21BrN2O2. The standard InChI is InChI=1S/C19H21BrN2O2/c1-3-4-8-18(23)22-16-7-5-6-15(11-16)21-12-14-9-13(2)10-17(20)19(14)24/h5-7,9-12,24H,3-4,8H2,1-2H3,(H,22,23). The van der Waals surface area contributed by atoms with Crippen LogP contribution in [0, 0.1) is 6.92 Å². The first-order valence-corrected chi connectivity index (χ1v) is 8.72. The number of aromatic hydroxyl groups is 1. The number of rotatable bonds is 6. The molecule has 0 aliphatic rings. The molecule has 0 unspecified atom stereocenters. The van der Waals surface area contributed by atoms with E-state index in [9.17, 15) is 9.90 Å². The Labute approximate surface area is 150 Å². The Hall–Kier alpha value is -2.14. The Kier molecular flexibility index (Phi) is 6.55. The van der Waals surface area contributed by atoms with Crippen LogP contribution < -0.4 is 5.32 Å². The van der Waals surface area contributed by atoms with Crippen LogP contribution in [-0.4, -0.2) is 17.2 Å². The van der Waals surface area contributed by atoms with Crippen LogP contribution >= 0.6 is 15.9 Å². The molecule has 4 nitrogen and oxygen atoms in total. The van der Waals surface area contributed by atoms with Gasteiger partial charge in [-0.3, -0.25) is 9.79 Å². The number of aliphatic imine (C=N–C) groups is 1. The van der Waals surface area contributed by atoms with Crippen LogP contribution in [0.25, 0.3) is 0 Å². The third kappa shape index (κ3) is 5.20. The minimum Gasteiger partial charge on any atom is -0.506 e. The van der Waals surface area contributed by atoms with Gasteiger partial charge in [0.15, 0.2) is 0 Å². The molecule has 24 heavy (non-hydrogen) atoms. The average Bonchev–Trinajstić information content (AvgIpc) is 2.55. The number of amides is 1. The number of nitrogens with one attached hydrogen (secondary N) is 1. The van der Waals surface area contributed by atoms with E-state index in [1.165, 1.54) is 0 Å². The molecule has 0 aromatic heterocycles. The number of phenols is 1. The number of halogens is 1. The fourth-order valence-electron chi connectivity index (χ4n) is 2.23. The van der Waals surface area contributed by atoms with E-state index in [0.29, 0.717) is 22.1 Å². The minimum atomic E-state index is 0.0123. The Morgan fingerprint density at radius 3 is 2.88 bits per heavy atom. The van der Waals surface area contributed by atoms with Crippen LogP contribution in [0.5, 0.6) is 5.75 Å². The van der Waals surface area contributed by atoms with E-state index in [4.69, 9.17) is 0 Å². The smallest absolute Gasteiger partial charge is 0.224 e. The van der Waals surface area contributed by atoms with Crippen molar-refractivity contribution >= 4 is 39.4 Å². The van der Waals surface area contributed by atoms with E-state index in [1.54, 1.807) is 6.21 Å². The van der Waals surface area contributed by atoms with Crippen LogP contribution in [-0.2, 0) is 4.79 Å². The molecule has 0 heterocycles. The summed E-state index contributed by atoms with van der Waals surface area (Å²) >= 11 is 3.32. The van der Waals surface area contributed by atoms with E-state index >= 15 is 0 Å². The number of hydrogen-bond acceptors (Lipinski definition) is 3. The van der Waals surface area contributed by atoms with E-state index in [2.05, 4.69) is 33.2 Å². The zero-order valence-electron chi connectivity index (χ0n) is 13.8. The van der Waals surface area contributed by atoms with E-state index in [-0.39, 0.29) is 11.7 Å². The minimum absolute atomic E-state index is 0.0123. The molecule has 0 saturated heterocycles. The van der Waals surface area contributed by atoms with Crippen molar-refractivity contribution in [3.8, 4) is 5.75 Å². The number of aryl methyl sites for hydroxylation is 1. The van der Waals surface area contributed by atoms with Crippen molar-refractivity contribution in [2.75, 3.05) is 5.32 Å². The molecule has 2 aromatic rings. The van der Waals surface area contributed by atoms with Gasteiger partial charge in [-0.15, -0.1) is 0 Å². The van der Waals surface area contributed by atoms with Gasteiger partial charge in [-0.2, -0.15) is 0 Å². The highest BCUT2D eigenvalue weighted by Crippen LogP contribution is 2.28. The van der Waals surface area contributed by atoms with Gasteiger partial charge in [-0.05, 0) is 65.2 Å². The quantitative estimate of drug-likeness (QED) is 0.655. The first kappa shape index (κ1) is 18.2. The van der Waals surface area contributed by atoms with Crippen LogP contribution in [0.15, 0.2) is 45.9 Å². The lowest BCUT2D eigenvalue weighted by molar-refractivity contribution is -0.116. The Bertz CT molecular complexity index is 757. The van der Waals surface area contributed by atoms with Crippen molar-refractivity contribution < 1.29 is 9.90 Å². The molecule has 126 valence electrons. The summed E-state index contributed by atoms with van der Waals surface area (Å²) in [6.45, 7) is 4.01. The second-order valence-electron chi connectivity index (χ2n) is 5.64. The third-order valence-electron chi connectivity index (χ3n) is 3.48. The lowest BCUT2D eigenvalue weighted by atomic mass is 10.1. The zero-order chi connectivity index (χ0) is 17.5.